The second kappa shape index (κ2) is 17.6. The molecule has 0 saturated carbocycles. The Labute approximate surface area is 279 Å². The molecule has 2 aromatic rings. The summed E-state index contributed by atoms with van der Waals surface area (Å²) in [5, 5.41) is 32.9. The average molecular weight is 678 g/mol. The summed E-state index contributed by atoms with van der Waals surface area (Å²) in [7, 11) is 2.68. The van der Waals surface area contributed by atoms with Crippen molar-refractivity contribution >= 4 is 35.3 Å². The molecule has 2 aromatic carbocycles. The summed E-state index contributed by atoms with van der Waals surface area (Å²) < 4.78 is 27.2. The number of unbranched alkanes of at least 4 members (excludes halogenated alkanes) is 1. The largest absolute Gasteiger partial charge is 0.496 e. The highest BCUT2D eigenvalue weighted by Gasteiger charge is 2.45. The SMILES string of the molecule is COc1cc(OCc2ccc(/C=C/C(=O)CCCCC(=O)OC(C)(C)C)cc2)c(Cl)cc1C(=O)N[C@H]1[C@@H](OC)O[C@H](CO)[C@@H](O)[C@@H]1O. The Morgan fingerprint density at radius 3 is 2.30 bits per heavy atom. The molecule has 0 aliphatic carbocycles. The Morgan fingerprint density at radius 2 is 1.68 bits per heavy atom. The summed E-state index contributed by atoms with van der Waals surface area (Å²) in [5.41, 5.74) is 1.18. The predicted molar refractivity (Wildman–Crippen MR) is 173 cm³/mol. The molecule has 1 amide bonds. The Hall–Kier alpha value is -3.52. The summed E-state index contributed by atoms with van der Waals surface area (Å²) in [6, 6.07) is 9.05. The molecule has 0 bridgehead atoms. The van der Waals surface area contributed by atoms with E-state index in [4.69, 9.17) is 35.3 Å². The van der Waals surface area contributed by atoms with E-state index >= 15 is 0 Å². The number of ketones is 1. The zero-order valence-electron chi connectivity index (χ0n) is 27.2. The number of nitrogens with one attached hydrogen (secondary N) is 1. The third kappa shape index (κ3) is 11.3. The van der Waals surface area contributed by atoms with E-state index in [1.165, 1.54) is 32.4 Å². The van der Waals surface area contributed by atoms with Crippen molar-refractivity contribution in [3.63, 3.8) is 0 Å². The number of carbonyl (C=O) groups is 3. The van der Waals surface area contributed by atoms with Gasteiger partial charge in [0.25, 0.3) is 5.91 Å². The predicted octanol–water partition coefficient (Wildman–Crippen LogP) is 3.60. The highest BCUT2D eigenvalue weighted by atomic mass is 35.5. The number of methoxy groups -OCH3 is 2. The van der Waals surface area contributed by atoms with Crippen LogP contribution in [-0.4, -0.2) is 90.1 Å². The van der Waals surface area contributed by atoms with E-state index in [1.807, 2.05) is 45.0 Å². The fraction of sp³-hybridized carbons (Fsp3) is 0.500. The van der Waals surface area contributed by atoms with Crippen LogP contribution in [0.1, 0.15) is 67.9 Å². The third-order valence-corrected chi connectivity index (χ3v) is 7.51. The summed E-state index contributed by atoms with van der Waals surface area (Å²) in [6.45, 7) is 5.06. The van der Waals surface area contributed by atoms with E-state index in [1.54, 1.807) is 6.08 Å². The van der Waals surface area contributed by atoms with E-state index in [2.05, 4.69) is 5.32 Å². The van der Waals surface area contributed by atoms with Gasteiger partial charge in [0.1, 0.15) is 48.1 Å². The fourth-order valence-electron chi connectivity index (χ4n) is 4.78. The number of aliphatic hydroxyl groups is 3. The molecule has 0 unspecified atom stereocenters. The van der Waals surface area contributed by atoms with E-state index in [0.29, 0.717) is 19.3 Å². The smallest absolute Gasteiger partial charge is 0.306 e. The minimum atomic E-state index is -1.48. The van der Waals surface area contributed by atoms with Crippen molar-refractivity contribution in [3.8, 4) is 11.5 Å². The van der Waals surface area contributed by atoms with Gasteiger partial charge in [0.2, 0.25) is 0 Å². The van der Waals surface area contributed by atoms with Gasteiger partial charge < -0.3 is 44.3 Å². The van der Waals surface area contributed by atoms with Gasteiger partial charge in [-0.3, -0.25) is 14.4 Å². The van der Waals surface area contributed by atoms with Crippen LogP contribution in [0.2, 0.25) is 5.02 Å². The van der Waals surface area contributed by atoms with Crippen molar-refractivity contribution in [1.82, 2.24) is 5.32 Å². The van der Waals surface area contributed by atoms with Crippen LogP contribution in [-0.2, 0) is 30.4 Å². The van der Waals surface area contributed by atoms with Gasteiger partial charge >= 0.3 is 5.97 Å². The highest BCUT2D eigenvalue weighted by molar-refractivity contribution is 6.32. The van der Waals surface area contributed by atoms with Crippen LogP contribution in [0.15, 0.2) is 42.5 Å². The first kappa shape index (κ1) is 37.9. The number of amides is 1. The summed E-state index contributed by atoms with van der Waals surface area (Å²) >= 11 is 6.45. The Balaban J connectivity index is 1.54. The highest BCUT2D eigenvalue weighted by Crippen LogP contribution is 2.34. The minimum Gasteiger partial charge on any atom is -0.496 e. The Morgan fingerprint density at radius 1 is 1.00 bits per heavy atom. The number of hydrogen-bond acceptors (Lipinski definition) is 11. The maximum Gasteiger partial charge on any atom is 0.306 e. The molecule has 1 aliphatic heterocycles. The van der Waals surface area contributed by atoms with Gasteiger partial charge in [0.05, 0.1) is 24.3 Å². The number of aliphatic hydroxyl groups excluding tert-OH is 3. The Bertz CT molecular complexity index is 1390. The average Bonchev–Trinajstić information content (AvgIpc) is 3.03. The molecule has 1 heterocycles. The van der Waals surface area contributed by atoms with Crippen molar-refractivity contribution in [2.45, 2.75) is 89.3 Å². The molecule has 0 aromatic heterocycles. The topological polar surface area (TPSA) is 170 Å². The fourth-order valence-corrected chi connectivity index (χ4v) is 5.00. The maximum atomic E-state index is 13.2. The van der Waals surface area contributed by atoms with Gasteiger partial charge in [-0.15, -0.1) is 0 Å². The number of rotatable bonds is 15. The first-order valence-corrected chi connectivity index (χ1v) is 15.6. The van der Waals surface area contributed by atoms with E-state index in [9.17, 15) is 29.7 Å². The number of esters is 1. The zero-order valence-corrected chi connectivity index (χ0v) is 28.0. The number of halogens is 1. The van der Waals surface area contributed by atoms with Gasteiger partial charge in [-0.05, 0) is 56.9 Å². The molecule has 47 heavy (non-hydrogen) atoms. The minimum absolute atomic E-state index is 0.0305. The van der Waals surface area contributed by atoms with Crippen LogP contribution in [0.25, 0.3) is 6.08 Å². The van der Waals surface area contributed by atoms with Crippen LogP contribution >= 0.6 is 11.6 Å². The summed E-state index contributed by atoms with van der Waals surface area (Å²) in [6.07, 6.45) is -0.105. The lowest BCUT2D eigenvalue weighted by molar-refractivity contribution is -0.261. The molecule has 3 rings (SSSR count). The number of hydrogen-bond donors (Lipinski definition) is 4. The number of ether oxygens (including phenoxy) is 5. The van der Waals surface area contributed by atoms with Gasteiger partial charge in [0.15, 0.2) is 12.1 Å². The van der Waals surface area contributed by atoms with Gasteiger partial charge in [-0.1, -0.05) is 41.9 Å². The lowest BCUT2D eigenvalue weighted by Gasteiger charge is -2.41. The summed E-state index contributed by atoms with van der Waals surface area (Å²) in [5.74, 6) is -0.566. The van der Waals surface area contributed by atoms with E-state index in [0.717, 1.165) is 11.1 Å². The molecule has 4 N–H and O–H groups in total. The van der Waals surface area contributed by atoms with Crippen molar-refractivity contribution < 1.29 is 53.4 Å². The third-order valence-electron chi connectivity index (χ3n) is 7.22. The molecule has 12 nitrogen and oxygen atoms in total. The monoisotopic (exact) mass is 677 g/mol. The van der Waals surface area contributed by atoms with Crippen LogP contribution < -0.4 is 14.8 Å². The van der Waals surface area contributed by atoms with Crippen molar-refractivity contribution in [2.75, 3.05) is 20.8 Å². The second-order valence-corrected chi connectivity index (χ2v) is 12.5. The standard InChI is InChI=1S/C34H44ClNO11/c1-34(2,3)47-28(39)9-7-6-8-22(38)15-14-20-10-12-21(13-11-20)19-45-26-17-25(43-4)23(16-24(26)35)32(42)36-29-31(41)30(40)27(18-37)46-33(29)44-5/h10-17,27,29-31,33,37,40-41H,6-9,18-19H2,1-5H3,(H,36,42)/b15-14+/t27-,29-,30-,31-,33+/m1/s1. The van der Waals surface area contributed by atoms with Crippen molar-refractivity contribution in [2.24, 2.45) is 0 Å². The zero-order chi connectivity index (χ0) is 34.7. The molecule has 1 fully saturated rings. The first-order chi connectivity index (χ1) is 22.3. The lowest BCUT2D eigenvalue weighted by atomic mass is 9.96. The number of benzene rings is 2. The molecule has 1 saturated heterocycles. The molecule has 5 atom stereocenters. The van der Waals surface area contributed by atoms with Crippen LogP contribution in [0, 0.1) is 0 Å². The molecular weight excluding hydrogens is 634 g/mol. The van der Waals surface area contributed by atoms with Crippen molar-refractivity contribution in [3.05, 3.63) is 64.2 Å². The molecule has 1 aliphatic rings. The first-order valence-electron chi connectivity index (χ1n) is 15.2. The second-order valence-electron chi connectivity index (χ2n) is 12.0. The number of carbonyl (C=O) groups excluding carboxylic acids is 3. The molecule has 0 spiro atoms. The van der Waals surface area contributed by atoms with Gasteiger partial charge in [-0.25, -0.2) is 0 Å². The molecule has 258 valence electrons. The molecule has 13 heteroatoms. The normalized spacial score (nSPS) is 21.3. The molecular formula is C34H44ClNO11. The van der Waals surface area contributed by atoms with E-state index in [-0.39, 0.29) is 46.9 Å². The lowest BCUT2D eigenvalue weighted by Crippen LogP contribution is -2.64. The van der Waals surface area contributed by atoms with Gasteiger partial charge in [0, 0.05) is 26.0 Å². The quantitative estimate of drug-likeness (QED) is 0.123. The summed E-state index contributed by atoms with van der Waals surface area (Å²) in [4.78, 5) is 37.2. The van der Waals surface area contributed by atoms with Crippen molar-refractivity contribution in [1.29, 1.82) is 0 Å². The van der Waals surface area contributed by atoms with Gasteiger partial charge in [-0.2, -0.15) is 0 Å². The Kier molecular flexibility index (Phi) is 14.2. The number of allylic oxidation sites excluding steroid dienone is 1. The van der Waals surface area contributed by atoms with Crippen LogP contribution in [0.3, 0.4) is 0 Å². The van der Waals surface area contributed by atoms with E-state index < -0.39 is 48.8 Å². The molecule has 0 radical (unpaired) electrons. The maximum absolute atomic E-state index is 13.2. The van der Waals surface area contributed by atoms with Crippen LogP contribution in [0.4, 0.5) is 0 Å². The van der Waals surface area contributed by atoms with Crippen LogP contribution in [0.5, 0.6) is 11.5 Å².